The van der Waals surface area contributed by atoms with Crippen LogP contribution < -0.4 is 5.32 Å². The zero-order valence-electron chi connectivity index (χ0n) is 12.2. The monoisotopic (exact) mass is 301 g/mol. The zero-order valence-corrected chi connectivity index (χ0v) is 13.0. The Kier molecular flexibility index (Phi) is 6.85. The second-order valence-electron chi connectivity index (χ2n) is 5.13. The van der Waals surface area contributed by atoms with Crippen molar-refractivity contribution in [2.24, 2.45) is 0 Å². The summed E-state index contributed by atoms with van der Waals surface area (Å²) >= 11 is 0. The molecule has 1 aromatic heterocycles. The van der Waals surface area contributed by atoms with Crippen molar-refractivity contribution in [3.63, 3.8) is 0 Å². The molecule has 0 spiro atoms. The molecule has 0 atom stereocenters. The molecular weight excluding hydrogens is 278 g/mol. The van der Waals surface area contributed by atoms with E-state index in [0.29, 0.717) is 24.0 Å². The number of nitrogens with one attached hydrogen (secondary N) is 2. The molecule has 2 N–H and O–H groups in total. The summed E-state index contributed by atoms with van der Waals surface area (Å²) in [6.07, 6.45) is 7.40. The van der Waals surface area contributed by atoms with Gasteiger partial charge in [0.25, 0.3) is 0 Å². The second-order valence-corrected chi connectivity index (χ2v) is 5.13. The Morgan fingerprint density at radius 3 is 2.60 bits per heavy atom. The van der Waals surface area contributed by atoms with Crippen molar-refractivity contribution in [2.45, 2.75) is 58.4 Å². The van der Waals surface area contributed by atoms with Crippen molar-refractivity contribution in [3.05, 3.63) is 11.3 Å². The van der Waals surface area contributed by atoms with Gasteiger partial charge in [-0.3, -0.25) is 5.10 Å². The summed E-state index contributed by atoms with van der Waals surface area (Å²) in [5.41, 5.74) is 1.31. The van der Waals surface area contributed by atoms with Gasteiger partial charge in [-0.25, -0.2) is 4.79 Å². The summed E-state index contributed by atoms with van der Waals surface area (Å²) in [6, 6.07) is 0.415. The topological polar surface area (TPSA) is 67.0 Å². The molecule has 0 radical (unpaired) electrons. The highest BCUT2D eigenvalue weighted by atomic mass is 35.5. The number of aromatic amines is 1. The summed E-state index contributed by atoms with van der Waals surface area (Å²) in [5, 5.41) is 10.5. The average molecular weight is 302 g/mol. The van der Waals surface area contributed by atoms with Gasteiger partial charge in [0.2, 0.25) is 0 Å². The van der Waals surface area contributed by atoms with Crippen LogP contribution >= 0.6 is 12.4 Å². The van der Waals surface area contributed by atoms with E-state index in [-0.39, 0.29) is 18.4 Å². The number of rotatable bonds is 4. The van der Waals surface area contributed by atoms with Gasteiger partial charge >= 0.3 is 5.97 Å². The number of nitrogens with zero attached hydrogens (tertiary/aromatic N) is 1. The number of hydrogen-bond donors (Lipinski definition) is 2. The highest BCUT2D eigenvalue weighted by Crippen LogP contribution is 2.23. The maximum Gasteiger partial charge on any atom is 0.343 e. The smallest absolute Gasteiger partial charge is 0.343 e. The largest absolute Gasteiger partial charge is 0.462 e. The van der Waals surface area contributed by atoms with Crippen LogP contribution in [0.4, 0.5) is 5.82 Å². The van der Waals surface area contributed by atoms with Gasteiger partial charge in [0, 0.05) is 11.7 Å². The molecule has 1 fully saturated rings. The maximum atomic E-state index is 11.9. The molecule has 5 nitrogen and oxygen atoms in total. The molecule has 0 aliphatic heterocycles. The fourth-order valence-corrected chi connectivity index (χ4v) is 2.60. The number of anilines is 1. The van der Waals surface area contributed by atoms with Crippen molar-refractivity contribution in [2.75, 3.05) is 11.9 Å². The van der Waals surface area contributed by atoms with Gasteiger partial charge in [-0.05, 0) is 26.7 Å². The Morgan fingerprint density at radius 2 is 2.00 bits per heavy atom. The van der Waals surface area contributed by atoms with E-state index in [1.807, 2.05) is 13.8 Å². The lowest BCUT2D eigenvalue weighted by Gasteiger charge is -2.16. The predicted molar refractivity (Wildman–Crippen MR) is 81.6 cm³/mol. The van der Waals surface area contributed by atoms with Crippen LogP contribution in [0, 0.1) is 6.92 Å². The predicted octanol–water partition coefficient (Wildman–Crippen LogP) is 3.45. The molecule has 0 unspecified atom stereocenters. The summed E-state index contributed by atoms with van der Waals surface area (Å²) in [4.78, 5) is 11.9. The molecule has 1 aliphatic carbocycles. The molecule has 1 aromatic rings. The Morgan fingerprint density at radius 1 is 1.35 bits per heavy atom. The zero-order chi connectivity index (χ0) is 13.7. The fourth-order valence-electron chi connectivity index (χ4n) is 2.60. The lowest BCUT2D eigenvalue weighted by Crippen LogP contribution is -2.20. The fraction of sp³-hybridized carbons (Fsp3) is 0.714. The lowest BCUT2D eigenvalue weighted by atomic mass is 10.1. The van der Waals surface area contributed by atoms with Crippen molar-refractivity contribution < 1.29 is 9.53 Å². The highest BCUT2D eigenvalue weighted by Gasteiger charge is 2.22. The number of ether oxygens (including phenoxy) is 1. The summed E-state index contributed by atoms with van der Waals surface area (Å²) in [6.45, 7) is 4.04. The summed E-state index contributed by atoms with van der Waals surface area (Å²) in [7, 11) is 0. The van der Waals surface area contributed by atoms with Crippen LogP contribution in [0.5, 0.6) is 0 Å². The first kappa shape index (κ1) is 16.8. The Hall–Kier alpha value is -1.23. The van der Waals surface area contributed by atoms with Gasteiger partial charge in [0.15, 0.2) is 5.82 Å². The first-order valence-corrected chi connectivity index (χ1v) is 7.21. The van der Waals surface area contributed by atoms with Crippen LogP contribution in [-0.4, -0.2) is 28.8 Å². The van der Waals surface area contributed by atoms with E-state index in [1.54, 1.807) is 0 Å². The number of aromatic nitrogens is 2. The second kappa shape index (κ2) is 8.15. The molecule has 114 valence electrons. The van der Waals surface area contributed by atoms with E-state index < -0.39 is 0 Å². The van der Waals surface area contributed by atoms with E-state index in [4.69, 9.17) is 4.74 Å². The van der Waals surface area contributed by atoms with Crippen LogP contribution in [0.1, 0.15) is 61.5 Å². The van der Waals surface area contributed by atoms with Gasteiger partial charge in [0.05, 0.1) is 6.61 Å². The average Bonchev–Trinajstić information content (AvgIpc) is 2.60. The minimum atomic E-state index is -0.301. The number of aryl methyl sites for hydroxylation is 1. The lowest BCUT2D eigenvalue weighted by molar-refractivity contribution is 0.0526. The molecule has 1 aliphatic rings. The van der Waals surface area contributed by atoms with E-state index in [1.165, 1.54) is 25.7 Å². The first-order chi connectivity index (χ1) is 9.22. The molecule has 6 heteroatoms. The van der Waals surface area contributed by atoms with Gasteiger partial charge in [0.1, 0.15) is 5.56 Å². The van der Waals surface area contributed by atoms with Crippen molar-refractivity contribution in [1.82, 2.24) is 10.2 Å². The summed E-state index contributed by atoms with van der Waals surface area (Å²) < 4.78 is 5.08. The number of H-pyrrole nitrogens is 1. The van der Waals surface area contributed by atoms with Crippen molar-refractivity contribution >= 4 is 24.2 Å². The van der Waals surface area contributed by atoms with Crippen LogP contribution in [0.3, 0.4) is 0 Å². The summed E-state index contributed by atoms with van der Waals surface area (Å²) in [5.74, 6) is 0.340. The standard InChI is InChI=1S/C14H23N3O2.ClH/c1-3-19-14(18)12-10(2)16-17-13(12)15-11-8-6-4-5-7-9-11;/h11H,3-9H2,1-2H3,(H2,15,16,17);1H. The Bertz CT molecular complexity index is 426. The van der Waals surface area contributed by atoms with E-state index >= 15 is 0 Å². The first-order valence-electron chi connectivity index (χ1n) is 7.21. The minimum Gasteiger partial charge on any atom is -0.462 e. The molecule has 2 rings (SSSR count). The van der Waals surface area contributed by atoms with E-state index in [2.05, 4.69) is 15.5 Å². The van der Waals surface area contributed by atoms with E-state index in [0.717, 1.165) is 18.5 Å². The van der Waals surface area contributed by atoms with Gasteiger partial charge in [-0.2, -0.15) is 5.10 Å². The van der Waals surface area contributed by atoms with Gasteiger partial charge in [-0.1, -0.05) is 25.7 Å². The number of carbonyl (C=O) groups is 1. The Labute approximate surface area is 126 Å². The number of halogens is 1. The third-order valence-corrected chi connectivity index (χ3v) is 3.62. The normalized spacial score (nSPS) is 16.1. The van der Waals surface area contributed by atoms with Crippen LogP contribution in [0.15, 0.2) is 0 Å². The number of carbonyl (C=O) groups excluding carboxylic acids is 1. The third kappa shape index (κ3) is 4.13. The van der Waals surface area contributed by atoms with Gasteiger partial charge in [-0.15, -0.1) is 12.4 Å². The number of hydrogen-bond acceptors (Lipinski definition) is 4. The molecule has 1 saturated carbocycles. The van der Waals surface area contributed by atoms with Crippen LogP contribution in [0.25, 0.3) is 0 Å². The molecule has 0 amide bonds. The van der Waals surface area contributed by atoms with Crippen LogP contribution in [0.2, 0.25) is 0 Å². The quantitative estimate of drug-likeness (QED) is 0.660. The molecule has 0 bridgehead atoms. The number of esters is 1. The highest BCUT2D eigenvalue weighted by molar-refractivity contribution is 5.95. The van der Waals surface area contributed by atoms with Gasteiger partial charge < -0.3 is 10.1 Å². The Balaban J connectivity index is 0.00000200. The molecule has 0 saturated heterocycles. The van der Waals surface area contributed by atoms with E-state index in [9.17, 15) is 4.79 Å². The van der Waals surface area contributed by atoms with Crippen LogP contribution in [-0.2, 0) is 4.74 Å². The van der Waals surface area contributed by atoms with Crippen molar-refractivity contribution in [1.29, 1.82) is 0 Å². The SMILES string of the molecule is CCOC(=O)c1c(NC2CCCCCC2)n[nH]c1C.Cl. The van der Waals surface area contributed by atoms with Crippen molar-refractivity contribution in [3.8, 4) is 0 Å². The maximum absolute atomic E-state index is 11.9. The third-order valence-electron chi connectivity index (χ3n) is 3.62. The minimum absolute atomic E-state index is 0. The molecule has 0 aromatic carbocycles. The molecule has 20 heavy (non-hydrogen) atoms. The molecular formula is C14H24ClN3O2. The molecule has 1 heterocycles.